The third-order valence-corrected chi connectivity index (χ3v) is 6.85. The molecular weight excluding hydrogens is 393 g/mol. The van der Waals surface area contributed by atoms with Crippen molar-refractivity contribution in [2.75, 3.05) is 19.6 Å². The molecule has 0 aromatic heterocycles. The lowest BCUT2D eigenvalue weighted by Crippen LogP contribution is -2.50. The third-order valence-electron chi connectivity index (χ3n) is 6.85. The van der Waals surface area contributed by atoms with E-state index >= 15 is 0 Å². The molecule has 4 nitrogen and oxygen atoms in total. The second-order valence-corrected chi connectivity index (χ2v) is 8.68. The van der Waals surface area contributed by atoms with Crippen molar-refractivity contribution in [3.8, 4) is 0 Å². The molecule has 1 saturated heterocycles. The van der Waals surface area contributed by atoms with E-state index in [4.69, 9.17) is 15.6 Å². The topological polar surface area (TPSA) is 49.4 Å². The first-order valence-electron chi connectivity index (χ1n) is 11.4. The summed E-state index contributed by atoms with van der Waals surface area (Å²) in [5.74, 6) is -0.435. The molecule has 7 heteroatoms. The molecule has 0 bridgehead atoms. The van der Waals surface area contributed by atoms with Crippen molar-refractivity contribution < 1.29 is 9.59 Å². The van der Waals surface area contributed by atoms with Crippen molar-refractivity contribution in [1.82, 2.24) is 10.2 Å². The van der Waals surface area contributed by atoms with E-state index in [1.165, 1.54) is 0 Å². The Bertz CT molecular complexity index is 914. The SMILES string of the molecule is [B][B]c1ccccc1C(CC)C([B])NC(=O)CN1CCC(C(C)=O)(c2ccccc2)CC1. The molecule has 0 spiro atoms. The Balaban J connectivity index is 1.59. The van der Waals surface area contributed by atoms with Gasteiger partial charge in [0.25, 0.3) is 0 Å². The number of nitrogens with zero attached hydrogens (tertiary/aromatic N) is 1. The number of Topliss-reactive ketones (excluding diaryl/α,β-unsaturated/α-hetero) is 1. The van der Waals surface area contributed by atoms with Crippen molar-refractivity contribution in [1.29, 1.82) is 0 Å². The van der Waals surface area contributed by atoms with E-state index in [0.29, 0.717) is 25.9 Å². The smallest absolute Gasteiger partial charge is 0.233 e. The molecular formula is C25H30B3N2O2. The first kappa shape index (κ1) is 24.4. The van der Waals surface area contributed by atoms with Gasteiger partial charge in [0.2, 0.25) is 5.91 Å². The van der Waals surface area contributed by atoms with E-state index < -0.39 is 11.4 Å². The first-order valence-corrected chi connectivity index (χ1v) is 11.4. The third kappa shape index (κ3) is 5.37. The fourth-order valence-corrected chi connectivity index (χ4v) is 4.90. The predicted molar refractivity (Wildman–Crippen MR) is 133 cm³/mol. The Labute approximate surface area is 195 Å². The normalized spacial score (nSPS) is 17.8. The van der Waals surface area contributed by atoms with Gasteiger partial charge in [0.05, 0.1) is 27.0 Å². The van der Waals surface area contributed by atoms with Crippen molar-refractivity contribution in [2.24, 2.45) is 0 Å². The van der Waals surface area contributed by atoms with Crippen LogP contribution >= 0.6 is 0 Å². The lowest BCUT2D eigenvalue weighted by atomic mass is 9.49. The molecule has 1 N–H and O–H groups in total. The average molecular weight is 423 g/mol. The highest BCUT2D eigenvalue weighted by Gasteiger charge is 2.40. The minimum Gasteiger partial charge on any atom is -0.360 e. The van der Waals surface area contributed by atoms with Crippen LogP contribution in [0.5, 0.6) is 0 Å². The molecule has 161 valence electrons. The number of hydrogen-bond acceptors (Lipinski definition) is 3. The van der Waals surface area contributed by atoms with Crippen LogP contribution in [-0.2, 0) is 15.0 Å². The van der Waals surface area contributed by atoms with Crippen molar-refractivity contribution in [3.05, 3.63) is 65.7 Å². The molecule has 0 aliphatic carbocycles. The molecule has 1 amide bonds. The minimum atomic E-state index is -0.501. The van der Waals surface area contributed by atoms with Gasteiger partial charge in [-0.15, -0.1) is 0 Å². The van der Waals surface area contributed by atoms with E-state index in [1.807, 2.05) is 54.6 Å². The first-order chi connectivity index (χ1) is 15.4. The maximum Gasteiger partial charge on any atom is 0.233 e. The largest absolute Gasteiger partial charge is 0.360 e. The molecule has 1 aliphatic rings. The maximum absolute atomic E-state index is 12.8. The highest BCUT2D eigenvalue weighted by atomic mass is 16.2. The number of ketones is 1. The Morgan fingerprint density at radius 2 is 1.72 bits per heavy atom. The molecule has 1 aliphatic heterocycles. The number of piperidine rings is 1. The summed E-state index contributed by atoms with van der Waals surface area (Å²) in [6.45, 7) is 5.39. The molecule has 32 heavy (non-hydrogen) atoms. The van der Waals surface area contributed by atoms with Crippen LogP contribution < -0.4 is 10.8 Å². The number of carbonyl (C=O) groups excluding carboxylic acids is 2. The average Bonchev–Trinajstić information content (AvgIpc) is 2.81. The highest BCUT2D eigenvalue weighted by Crippen LogP contribution is 2.36. The van der Waals surface area contributed by atoms with Gasteiger partial charge in [-0.05, 0) is 56.7 Å². The van der Waals surface area contributed by atoms with Crippen LogP contribution in [0.1, 0.15) is 50.2 Å². The van der Waals surface area contributed by atoms with Crippen LogP contribution in [0.4, 0.5) is 0 Å². The van der Waals surface area contributed by atoms with Crippen LogP contribution in [0.15, 0.2) is 54.6 Å². The zero-order chi connectivity index (χ0) is 23.1. The molecule has 1 heterocycles. The summed E-state index contributed by atoms with van der Waals surface area (Å²) in [6, 6.07) is 17.8. The van der Waals surface area contributed by atoms with Gasteiger partial charge < -0.3 is 5.32 Å². The monoisotopic (exact) mass is 423 g/mol. The standard InChI is InChI=1S/C25H30B3N2O2/c1-3-20(21-11-7-8-12-22(21)28-27)24(26)29-23(32)17-30-15-13-25(14-16-30,18(2)31)19-9-5-4-6-10-19/h4-12,20,24H,3,13-17H2,1-2H3,(H,29,32). The molecule has 2 aromatic rings. The molecule has 1 fully saturated rings. The highest BCUT2D eigenvalue weighted by molar-refractivity contribution is 6.97. The quantitative estimate of drug-likeness (QED) is 0.627. The molecule has 3 rings (SSSR count). The molecule has 2 unspecified atom stereocenters. The van der Waals surface area contributed by atoms with Gasteiger partial charge >= 0.3 is 0 Å². The lowest BCUT2D eigenvalue weighted by Gasteiger charge is -2.40. The van der Waals surface area contributed by atoms with E-state index in [-0.39, 0.29) is 24.2 Å². The number of rotatable bonds is 9. The molecule has 5 radical (unpaired) electrons. The second kappa shape index (κ2) is 11.0. The number of likely N-dealkylation sites (tertiary alicyclic amines) is 1. The minimum absolute atomic E-state index is 0.0280. The number of amides is 1. The number of carbonyl (C=O) groups is 2. The van der Waals surface area contributed by atoms with Crippen molar-refractivity contribution in [3.63, 3.8) is 0 Å². The number of hydrogen-bond donors (Lipinski definition) is 1. The lowest BCUT2D eigenvalue weighted by molar-refractivity contribution is -0.125. The van der Waals surface area contributed by atoms with Crippen LogP contribution in [0, 0.1) is 0 Å². The van der Waals surface area contributed by atoms with Crippen LogP contribution in [0.2, 0.25) is 0 Å². The zero-order valence-corrected chi connectivity index (χ0v) is 19.1. The van der Waals surface area contributed by atoms with Gasteiger partial charge in [-0.2, -0.15) is 0 Å². The molecule has 0 saturated carbocycles. The predicted octanol–water partition coefficient (Wildman–Crippen LogP) is 1.83. The summed E-state index contributed by atoms with van der Waals surface area (Å²) in [5, 5.41) is 2.98. The fourth-order valence-electron chi connectivity index (χ4n) is 4.90. The summed E-state index contributed by atoms with van der Waals surface area (Å²) in [7, 11) is 13.7. The maximum atomic E-state index is 12.8. The Kier molecular flexibility index (Phi) is 8.41. The number of benzene rings is 2. The Morgan fingerprint density at radius 3 is 2.31 bits per heavy atom. The molecule has 2 aromatic carbocycles. The van der Waals surface area contributed by atoms with E-state index in [9.17, 15) is 9.59 Å². The summed E-state index contributed by atoms with van der Waals surface area (Å²) in [5.41, 5.74) is 2.58. The summed E-state index contributed by atoms with van der Waals surface area (Å²) >= 11 is 0. The van der Waals surface area contributed by atoms with Gasteiger partial charge in [-0.3, -0.25) is 14.5 Å². The Hall–Kier alpha value is -2.27. The zero-order valence-electron chi connectivity index (χ0n) is 19.1. The van der Waals surface area contributed by atoms with Crippen molar-refractivity contribution in [2.45, 2.75) is 50.4 Å². The Morgan fingerprint density at radius 1 is 1.09 bits per heavy atom. The van der Waals surface area contributed by atoms with Gasteiger partial charge in [0, 0.05) is 7.74 Å². The van der Waals surface area contributed by atoms with Crippen LogP contribution in [-0.4, -0.2) is 64.9 Å². The van der Waals surface area contributed by atoms with E-state index in [0.717, 1.165) is 23.0 Å². The van der Waals surface area contributed by atoms with Gasteiger partial charge in [0.1, 0.15) is 5.78 Å². The fraction of sp³-hybridized carbons (Fsp3) is 0.440. The summed E-state index contributed by atoms with van der Waals surface area (Å²) in [4.78, 5) is 27.4. The molecule has 2 atom stereocenters. The van der Waals surface area contributed by atoms with E-state index in [1.54, 1.807) is 14.1 Å². The second-order valence-electron chi connectivity index (χ2n) is 8.68. The van der Waals surface area contributed by atoms with Crippen molar-refractivity contribution >= 4 is 39.9 Å². The summed E-state index contributed by atoms with van der Waals surface area (Å²) < 4.78 is 0. The van der Waals surface area contributed by atoms with Gasteiger partial charge in [-0.25, -0.2) is 0 Å². The van der Waals surface area contributed by atoms with E-state index in [2.05, 4.69) is 17.1 Å². The van der Waals surface area contributed by atoms with Crippen LogP contribution in [0.25, 0.3) is 0 Å². The van der Waals surface area contributed by atoms with Crippen LogP contribution in [0.3, 0.4) is 0 Å². The summed E-state index contributed by atoms with van der Waals surface area (Å²) in [6.07, 6.45) is 2.21. The van der Waals surface area contributed by atoms with Gasteiger partial charge in [0.15, 0.2) is 0 Å². The number of nitrogens with one attached hydrogen (secondary N) is 1. The van der Waals surface area contributed by atoms with Gasteiger partial charge in [-0.1, -0.05) is 72.5 Å².